The molecular formula is C30H62N2O6P+. The van der Waals surface area contributed by atoms with E-state index in [9.17, 15) is 19.4 Å². The van der Waals surface area contributed by atoms with Crippen LogP contribution in [0.2, 0.25) is 0 Å². The molecule has 232 valence electrons. The number of likely N-dealkylation sites (N-methyl/N-ethyl adjacent to an activating group) is 1. The first kappa shape index (κ1) is 38.2. The monoisotopic (exact) mass is 577 g/mol. The normalized spacial score (nSPS) is 15.4. The minimum atomic E-state index is -4.28. The minimum Gasteiger partial charge on any atom is -0.391 e. The van der Waals surface area contributed by atoms with Gasteiger partial charge in [0.2, 0.25) is 5.91 Å². The maximum Gasteiger partial charge on any atom is 0.472 e. The first-order valence-corrected chi connectivity index (χ1v) is 17.0. The van der Waals surface area contributed by atoms with Crippen LogP contribution in [0.1, 0.15) is 123 Å². The highest BCUT2D eigenvalue weighted by molar-refractivity contribution is 7.47. The molecule has 0 aliphatic heterocycles. The largest absolute Gasteiger partial charge is 0.472 e. The molecule has 0 bridgehead atoms. The Kier molecular flexibility index (Phi) is 23.4. The summed E-state index contributed by atoms with van der Waals surface area (Å²) in [5.41, 5.74) is 0. The topological polar surface area (TPSA) is 105 Å². The summed E-state index contributed by atoms with van der Waals surface area (Å²) in [4.78, 5) is 22.7. The maximum absolute atomic E-state index is 12.6. The molecule has 0 radical (unpaired) electrons. The lowest BCUT2D eigenvalue weighted by Gasteiger charge is -2.26. The second-order valence-electron chi connectivity index (χ2n) is 11.8. The maximum atomic E-state index is 12.6. The SMILES string of the molecule is CCCCCC/C=C\CCCCCCCC(=O)NC(COP(=O)(O)OCC[N+](C)(C)C)C(O)CCCCCC. The van der Waals surface area contributed by atoms with Gasteiger partial charge < -0.3 is 19.8 Å². The summed E-state index contributed by atoms with van der Waals surface area (Å²) in [5, 5.41) is 13.5. The van der Waals surface area contributed by atoms with E-state index in [2.05, 4.69) is 31.3 Å². The summed E-state index contributed by atoms with van der Waals surface area (Å²) in [6, 6.07) is -0.754. The molecule has 8 nitrogen and oxygen atoms in total. The van der Waals surface area contributed by atoms with Crippen molar-refractivity contribution in [3.8, 4) is 0 Å². The number of rotatable bonds is 27. The van der Waals surface area contributed by atoms with Crippen LogP contribution in [0.3, 0.4) is 0 Å². The van der Waals surface area contributed by atoms with Crippen LogP contribution in [-0.4, -0.2) is 73.4 Å². The van der Waals surface area contributed by atoms with Crippen LogP contribution in [0, 0.1) is 0 Å². The van der Waals surface area contributed by atoms with Crippen molar-refractivity contribution in [3.05, 3.63) is 12.2 Å². The molecule has 0 fully saturated rings. The number of amides is 1. The van der Waals surface area contributed by atoms with E-state index < -0.39 is 20.0 Å². The van der Waals surface area contributed by atoms with Crippen molar-refractivity contribution in [2.24, 2.45) is 0 Å². The zero-order chi connectivity index (χ0) is 29.4. The van der Waals surface area contributed by atoms with E-state index in [1.54, 1.807) is 0 Å². The molecule has 0 heterocycles. The van der Waals surface area contributed by atoms with Gasteiger partial charge >= 0.3 is 7.82 Å². The first-order valence-electron chi connectivity index (χ1n) is 15.6. The van der Waals surface area contributed by atoms with E-state index in [0.717, 1.165) is 57.8 Å². The number of carbonyl (C=O) groups excluding carboxylic acids is 1. The van der Waals surface area contributed by atoms with Crippen LogP contribution in [0.25, 0.3) is 0 Å². The molecule has 0 aliphatic carbocycles. The van der Waals surface area contributed by atoms with Gasteiger partial charge in [0, 0.05) is 6.42 Å². The smallest absolute Gasteiger partial charge is 0.391 e. The van der Waals surface area contributed by atoms with Crippen LogP contribution < -0.4 is 5.32 Å². The predicted molar refractivity (Wildman–Crippen MR) is 162 cm³/mol. The van der Waals surface area contributed by atoms with Gasteiger partial charge in [0.1, 0.15) is 13.2 Å². The Morgan fingerprint density at radius 3 is 1.97 bits per heavy atom. The summed E-state index contributed by atoms with van der Waals surface area (Å²) >= 11 is 0. The van der Waals surface area contributed by atoms with Crippen molar-refractivity contribution in [1.82, 2.24) is 5.32 Å². The van der Waals surface area contributed by atoms with Gasteiger partial charge in [0.15, 0.2) is 0 Å². The third-order valence-corrected chi connectivity index (χ3v) is 7.75. The number of aliphatic hydroxyl groups is 1. The van der Waals surface area contributed by atoms with Crippen molar-refractivity contribution in [2.75, 3.05) is 40.9 Å². The van der Waals surface area contributed by atoms with Crippen molar-refractivity contribution < 1.29 is 32.9 Å². The van der Waals surface area contributed by atoms with Gasteiger partial charge in [-0.05, 0) is 38.5 Å². The molecule has 0 rings (SSSR count). The lowest BCUT2D eigenvalue weighted by molar-refractivity contribution is -0.870. The zero-order valence-electron chi connectivity index (χ0n) is 25.9. The predicted octanol–water partition coefficient (Wildman–Crippen LogP) is 6.90. The van der Waals surface area contributed by atoms with Gasteiger partial charge in [-0.2, -0.15) is 0 Å². The molecule has 0 aliphatic rings. The summed E-state index contributed by atoms with van der Waals surface area (Å²) in [6.45, 7) is 4.70. The summed E-state index contributed by atoms with van der Waals surface area (Å²) in [6.07, 6.45) is 21.4. The molecule has 0 saturated heterocycles. The molecule has 3 atom stereocenters. The van der Waals surface area contributed by atoms with Crippen LogP contribution in [-0.2, 0) is 18.4 Å². The first-order chi connectivity index (χ1) is 18.5. The fraction of sp³-hybridized carbons (Fsp3) is 0.900. The van der Waals surface area contributed by atoms with Crippen LogP contribution in [0.15, 0.2) is 12.2 Å². The number of carbonyl (C=O) groups is 1. The van der Waals surface area contributed by atoms with E-state index in [0.29, 0.717) is 23.9 Å². The highest BCUT2D eigenvalue weighted by Crippen LogP contribution is 2.43. The van der Waals surface area contributed by atoms with Crippen molar-refractivity contribution in [1.29, 1.82) is 0 Å². The molecule has 9 heteroatoms. The van der Waals surface area contributed by atoms with Crippen molar-refractivity contribution >= 4 is 13.7 Å². The second-order valence-corrected chi connectivity index (χ2v) is 13.3. The van der Waals surface area contributed by atoms with Crippen LogP contribution in [0.4, 0.5) is 0 Å². The van der Waals surface area contributed by atoms with Gasteiger partial charge in [-0.25, -0.2) is 4.57 Å². The standard InChI is InChI=1S/C30H61N2O6P/c1-6-8-10-12-13-14-15-16-17-18-19-20-22-24-30(34)31-28(29(33)23-21-11-9-7-2)27-38-39(35,36)37-26-25-32(3,4)5/h14-15,28-29,33H,6-13,16-27H2,1-5H3,(H-,31,34,35,36)/p+1/b15-14-. The molecule has 1 amide bonds. The number of aliphatic hydroxyl groups excluding tert-OH is 1. The zero-order valence-corrected chi connectivity index (χ0v) is 26.8. The van der Waals surface area contributed by atoms with Gasteiger partial charge in [-0.15, -0.1) is 0 Å². The second kappa shape index (κ2) is 23.9. The molecule has 3 N–H and O–H groups in total. The average molecular weight is 578 g/mol. The Hall–Kier alpha value is -0.760. The number of phosphoric ester groups is 1. The van der Waals surface area contributed by atoms with E-state index >= 15 is 0 Å². The third kappa shape index (κ3) is 25.9. The highest BCUT2D eigenvalue weighted by atomic mass is 31.2. The van der Waals surface area contributed by atoms with Gasteiger partial charge in [-0.1, -0.05) is 90.2 Å². The molecular weight excluding hydrogens is 515 g/mol. The van der Waals surface area contributed by atoms with Crippen molar-refractivity contribution in [3.63, 3.8) is 0 Å². The van der Waals surface area contributed by atoms with Crippen LogP contribution in [0.5, 0.6) is 0 Å². The Morgan fingerprint density at radius 1 is 0.846 bits per heavy atom. The number of phosphoric acid groups is 1. The number of quaternary nitrogens is 1. The molecule has 0 saturated carbocycles. The molecule has 0 aromatic heterocycles. The Labute approximate surface area is 240 Å². The number of nitrogens with one attached hydrogen (secondary N) is 1. The van der Waals surface area contributed by atoms with Gasteiger partial charge in [-0.3, -0.25) is 13.8 Å². The molecule has 0 spiro atoms. The fourth-order valence-electron chi connectivity index (χ4n) is 4.15. The molecule has 39 heavy (non-hydrogen) atoms. The number of unbranched alkanes of at least 4 members (excludes halogenated alkanes) is 12. The van der Waals surface area contributed by atoms with Gasteiger partial charge in [0.05, 0.1) is 39.9 Å². The number of nitrogens with zero attached hydrogens (tertiary/aromatic N) is 1. The number of hydrogen-bond acceptors (Lipinski definition) is 5. The Bertz CT molecular complexity index is 668. The van der Waals surface area contributed by atoms with E-state index in [1.807, 2.05) is 21.1 Å². The molecule has 0 aromatic carbocycles. The number of hydrogen-bond donors (Lipinski definition) is 3. The van der Waals surface area contributed by atoms with E-state index in [4.69, 9.17) is 9.05 Å². The molecule has 0 aromatic rings. The third-order valence-electron chi connectivity index (χ3n) is 6.76. The quantitative estimate of drug-likeness (QED) is 0.0425. The number of allylic oxidation sites excluding steroid dienone is 2. The summed E-state index contributed by atoms with van der Waals surface area (Å²) < 4.78 is 23.2. The fourth-order valence-corrected chi connectivity index (χ4v) is 4.89. The van der Waals surface area contributed by atoms with E-state index in [-0.39, 0.29) is 19.1 Å². The lowest BCUT2D eigenvalue weighted by Crippen LogP contribution is -2.46. The summed E-state index contributed by atoms with van der Waals surface area (Å²) in [7, 11) is 1.60. The van der Waals surface area contributed by atoms with Gasteiger partial charge in [0.25, 0.3) is 0 Å². The van der Waals surface area contributed by atoms with Crippen molar-refractivity contribution in [2.45, 2.75) is 135 Å². The lowest BCUT2D eigenvalue weighted by atomic mass is 10.0. The Balaban J connectivity index is 4.39. The highest BCUT2D eigenvalue weighted by Gasteiger charge is 2.28. The Morgan fingerprint density at radius 2 is 1.38 bits per heavy atom. The molecule has 3 unspecified atom stereocenters. The van der Waals surface area contributed by atoms with E-state index in [1.165, 1.54) is 38.5 Å². The summed E-state index contributed by atoms with van der Waals surface area (Å²) in [5.74, 6) is -0.166. The average Bonchev–Trinajstić information content (AvgIpc) is 2.86. The van der Waals surface area contributed by atoms with Crippen LogP contribution >= 0.6 is 7.82 Å². The minimum absolute atomic E-state index is 0.0726.